The summed E-state index contributed by atoms with van der Waals surface area (Å²) in [6, 6.07) is 9.79. The van der Waals surface area contributed by atoms with Gasteiger partial charge in [-0.25, -0.2) is 0 Å². The molecule has 4 rings (SSSR count). The van der Waals surface area contributed by atoms with Crippen molar-refractivity contribution in [2.24, 2.45) is 0 Å². The second-order valence-corrected chi connectivity index (χ2v) is 6.62. The van der Waals surface area contributed by atoms with E-state index in [0.717, 1.165) is 16.5 Å². The van der Waals surface area contributed by atoms with Crippen LogP contribution in [-0.4, -0.2) is 111 Å². The first-order chi connectivity index (χ1) is 15.0. The molecule has 0 bridgehead atoms. The van der Waals surface area contributed by atoms with Crippen LogP contribution in [0.2, 0.25) is 0 Å². The predicted octanol–water partition coefficient (Wildman–Crippen LogP) is -2.90. The number of tetrazole rings is 2. The number of benzene rings is 1. The van der Waals surface area contributed by atoms with E-state index in [2.05, 4.69) is 41.5 Å². The molecule has 7 N–H and O–H groups in total. The number of aliphatic hydroxyl groups is 5. The summed E-state index contributed by atoms with van der Waals surface area (Å²) in [4.78, 5) is 0. The van der Waals surface area contributed by atoms with Gasteiger partial charge in [0.2, 0.25) is 5.82 Å². The Bertz CT molecular complexity index is 1090. The number of nitrogens with zero attached hydrogens (tertiary/aromatic N) is 7. The van der Waals surface area contributed by atoms with Crippen molar-refractivity contribution >= 4 is 16.6 Å². The van der Waals surface area contributed by atoms with E-state index in [0.29, 0.717) is 11.5 Å². The minimum atomic E-state index is -1.55. The number of H-pyrrole nitrogens is 1. The van der Waals surface area contributed by atoms with Gasteiger partial charge in [0, 0.05) is 11.9 Å². The minimum Gasteiger partial charge on any atom is -0.394 e. The number of aromatic amines is 1. The van der Waals surface area contributed by atoms with Gasteiger partial charge in [-0.05, 0) is 34.8 Å². The molecular formula is C17H23N9O5. The first kappa shape index (κ1) is 22.5. The average Bonchev–Trinajstić information content (AvgIpc) is 3.50. The van der Waals surface area contributed by atoms with Crippen LogP contribution in [0, 0.1) is 0 Å². The number of nitrogens with one attached hydrogen (secondary N) is 2. The summed E-state index contributed by atoms with van der Waals surface area (Å²) in [6.45, 7) is -0.569. The monoisotopic (exact) mass is 433 g/mol. The summed E-state index contributed by atoms with van der Waals surface area (Å²) in [5.74, 6) is 0.473. The lowest BCUT2D eigenvalue weighted by molar-refractivity contribution is -0.113. The SMILES string of the molecule is CNC[C@@H](O)[C@H](O)[C@@H](O)[C@@H](O)CO.c1ccc2c(c1)cc(-c1nn[nH]n1)c1nnnn12. The molecule has 0 aliphatic rings. The van der Waals surface area contributed by atoms with Crippen LogP contribution in [0.5, 0.6) is 0 Å². The Morgan fingerprint density at radius 3 is 2.48 bits per heavy atom. The Balaban J connectivity index is 0.000000188. The quantitative estimate of drug-likeness (QED) is 0.156. The first-order valence-electron chi connectivity index (χ1n) is 9.29. The standard InChI is InChI=1S/C10H6N8.C7H17NO5/c1-2-4-8-6(3-1)5-7(9-11-14-15-12-9)10-13-16-17-18(8)10;1-8-2-4(10)6(12)7(13)5(11)3-9/h1-5H,(H,11,12,14,15);4-13H,2-3H2,1H3/t;4-,5+,6+,7+/m.1/s1. The second-order valence-electron chi connectivity index (χ2n) is 6.62. The van der Waals surface area contributed by atoms with Crippen molar-refractivity contribution < 1.29 is 25.5 Å². The van der Waals surface area contributed by atoms with Gasteiger partial charge < -0.3 is 30.8 Å². The van der Waals surface area contributed by atoms with Crippen LogP contribution in [0.15, 0.2) is 30.3 Å². The van der Waals surface area contributed by atoms with E-state index in [1.807, 2.05) is 30.3 Å². The van der Waals surface area contributed by atoms with Gasteiger partial charge in [-0.3, -0.25) is 0 Å². The predicted molar refractivity (Wildman–Crippen MR) is 106 cm³/mol. The molecule has 4 aromatic rings. The van der Waals surface area contributed by atoms with E-state index in [4.69, 9.17) is 20.4 Å². The van der Waals surface area contributed by atoms with Gasteiger partial charge in [0.1, 0.15) is 18.3 Å². The molecule has 166 valence electrons. The molecule has 0 amide bonds. The van der Waals surface area contributed by atoms with Gasteiger partial charge in [0.05, 0.1) is 23.8 Å². The lowest BCUT2D eigenvalue weighted by Gasteiger charge is -2.25. The Hall–Kier alpha value is -3.14. The van der Waals surface area contributed by atoms with Crippen LogP contribution >= 0.6 is 0 Å². The van der Waals surface area contributed by atoms with Gasteiger partial charge in [-0.15, -0.1) is 15.3 Å². The van der Waals surface area contributed by atoms with E-state index in [9.17, 15) is 5.11 Å². The number of likely N-dealkylation sites (N-methyl/N-ethyl adjacent to an activating group) is 1. The molecule has 0 radical (unpaired) electrons. The highest BCUT2D eigenvalue weighted by atomic mass is 16.4. The van der Waals surface area contributed by atoms with Crippen molar-refractivity contribution in [3.8, 4) is 11.4 Å². The third kappa shape index (κ3) is 4.96. The topological polar surface area (TPSA) is 211 Å². The first-order valence-corrected chi connectivity index (χ1v) is 9.29. The normalized spacial score (nSPS) is 15.3. The molecular weight excluding hydrogens is 410 g/mol. The van der Waals surface area contributed by atoms with Crippen LogP contribution in [-0.2, 0) is 0 Å². The highest BCUT2D eigenvalue weighted by Gasteiger charge is 2.29. The maximum atomic E-state index is 9.21. The van der Waals surface area contributed by atoms with E-state index in [-0.39, 0.29) is 6.54 Å². The minimum absolute atomic E-state index is 0.0936. The molecule has 31 heavy (non-hydrogen) atoms. The fourth-order valence-corrected chi connectivity index (χ4v) is 2.87. The number of fused-ring (bicyclic) bond motifs is 3. The molecule has 14 heteroatoms. The highest BCUT2D eigenvalue weighted by molar-refractivity contribution is 5.89. The van der Waals surface area contributed by atoms with Crippen molar-refractivity contribution in [1.82, 2.24) is 46.0 Å². The molecule has 0 saturated carbocycles. The fraction of sp³-hybridized carbons (Fsp3) is 0.412. The third-order valence-corrected chi connectivity index (χ3v) is 4.50. The summed E-state index contributed by atoms with van der Waals surface area (Å²) in [5, 5.41) is 74.1. The summed E-state index contributed by atoms with van der Waals surface area (Å²) in [5.41, 5.74) is 2.28. The van der Waals surface area contributed by atoms with E-state index in [1.54, 1.807) is 11.6 Å². The molecule has 3 heterocycles. The Morgan fingerprint density at radius 1 is 1.06 bits per heavy atom. The molecule has 0 fully saturated rings. The zero-order valence-electron chi connectivity index (χ0n) is 16.5. The van der Waals surface area contributed by atoms with Crippen LogP contribution < -0.4 is 5.32 Å². The van der Waals surface area contributed by atoms with Crippen LogP contribution in [0.4, 0.5) is 0 Å². The third-order valence-electron chi connectivity index (χ3n) is 4.50. The van der Waals surface area contributed by atoms with Crippen molar-refractivity contribution in [1.29, 1.82) is 0 Å². The second kappa shape index (κ2) is 10.3. The molecule has 0 aliphatic heterocycles. The number of rotatable bonds is 7. The van der Waals surface area contributed by atoms with Crippen molar-refractivity contribution in [3.63, 3.8) is 0 Å². The number of aliphatic hydroxyl groups excluding tert-OH is 5. The van der Waals surface area contributed by atoms with Crippen LogP contribution in [0.1, 0.15) is 0 Å². The zero-order chi connectivity index (χ0) is 22.4. The molecule has 1 aromatic carbocycles. The van der Waals surface area contributed by atoms with E-state index < -0.39 is 31.0 Å². The van der Waals surface area contributed by atoms with Crippen molar-refractivity contribution in [2.45, 2.75) is 24.4 Å². The molecule has 0 aliphatic carbocycles. The molecule has 4 atom stereocenters. The van der Waals surface area contributed by atoms with Crippen molar-refractivity contribution in [2.75, 3.05) is 20.2 Å². The average molecular weight is 433 g/mol. The summed E-state index contributed by atoms with van der Waals surface area (Å²) >= 11 is 0. The van der Waals surface area contributed by atoms with Gasteiger partial charge in [-0.2, -0.15) is 9.73 Å². The molecule has 0 unspecified atom stereocenters. The molecule has 14 nitrogen and oxygen atoms in total. The largest absolute Gasteiger partial charge is 0.394 e. The number of aromatic nitrogens is 8. The number of para-hydroxylation sites is 1. The summed E-state index contributed by atoms with van der Waals surface area (Å²) in [6.07, 6.45) is -5.65. The van der Waals surface area contributed by atoms with Crippen LogP contribution in [0.25, 0.3) is 27.9 Å². The van der Waals surface area contributed by atoms with Gasteiger partial charge in [0.15, 0.2) is 5.65 Å². The maximum absolute atomic E-state index is 9.21. The zero-order valence-corrected chi connectivity index (χ0v) is 16.5. The lowest BCUT2D eigenvalue weighted by atomic mass is 10.0. The summed E-state index contributed by atoms with van der Waals surface area (Å²) < 4.78 is 1.67. The summed E-state index contributed by atoms with van der Waals surface area (Å²) in [7, 11) is 1.57. The van der Waals surface area contributed by atoms with E-state index in [1.165, 1.54) is 0 Å². The van der Waals surface area contributed by atoms with Gasteiger partial charge in [0.25, 0.3) is 0 Å². The van der Waals surface area contributed by atoms with E-state index >= 15 is 0 Å². The number of hydrogen-bond acceptors (Lipinski definition) is 12. The molecule has 0 saturated heterocycles. The van der Waals surface area contributed by atoms with Crippen LogP contribution in [0.3, 0.4) is 0 Å². The highest BCUT2D eigenvalue weighted by Crippen LogP contribution is 2.24. The van der Waals surface area contributed by atoms with Gasteiger partial charge >= 0.3 is 0 Å². The lowest BCUT2D eigenvalue weighted by Crippen LogP contribution is -2.48. The Kier molecular flexibility index (Phi) is 7.45. The van der Waals surface area contributed by atoms with Crippen molar-refractivity contribution in [3.05, 3.63) is 30.3 Å². The Morgan fingerprint density at radius 2 is 1.81 bits per heavy atom. The number of pyridine rings is 1. The Labute approximate surface area is 175 Å². The maximum Gasteiger partial charge on any atom is 0.208 e. The van der Waals surface area contributed by atoms with Gasteiger partial charge in [-0.1, -0.05) is 18.2 Å². The fourth-order valence-electron chi connectivity index (χ4n) is 2.87. The smallest absolute Gasteiger partial charge is 0.208 e. The molecule has 3 aromatic heterocycles. The molecule has 0 spiro atoms. The number of hydrogen-bond donors (Lipinski definition) is 7.